The first-order chi connectivity index (χ1) is 9.76. The number of esters is 1. The fraction of sp³-hybridized carbons (Fsp3) is 0.938. The summed E-state index contributed by atoms with van der Waals surface area (Å²) in [6, 6.07) is 0.310. The highest BCUT2D eigenvalue weighted by molar-refractivity contribution is 5.80. The van der Waals surface area contributed by atoms with Gasteiger partial charge < -0.3 is 20.3 Å². The molecule has 1 aliphatic heterocycles. The molecule has 0 radical (unpaired) electrons. The van der Waals surface area contributed by atoms with E-state index in [0.29, 0.717) is 19.1 Å². The molecule has 21 heavy (non-hydrogen) atoms. The Morgan fingerprint density at radius 2 is 2.00 bits per heavy atom. The summed E-state index contributed by atoms with van der Waals surface area (Å²) in [6.45, 7) is 9.50. The van der Waals surface area contributed by atoms with Gasteiger partial charge in [-0.3, -0.25) is 4.79 Å². The van der Waals surface area contributed by atoms with Crippen molar-refractivity contribution in [2.24, 2.45) is 11.7 Å². The lowest BCUT2D eigenvalue weighted by Gasteiger charge is -2.39. The van der Waals surface area contributed by atoms with Crippen molar-refractivity contribution in [2.75, 3.05) is 40.3 Å². The quantitative estimate of drug-likeness (QED) is 0.719. The van der Waals surface area contributed by atoms with Gasteiger partial charge in [-0.15, -0.1) is 0 Å². The number of hydrogen-bond acceptors (Lipinski definition) is 5. The van der Waals surface area contributed by atoms with E-state index in [1.165, 1.54) is 19.4 Å². The second kappa shape index (κ2) is 8.11. The van der Waals surface area contributed by atoms with E-state index in [9.17, 15) is 4.79 Å². The van der Waals surface area contributed by atoms with Crippen LogP contribution < -0.4 is 5.73 Å². The molecule has 0 aromatic heterocycles. The number of rotatable bonds is 7. The van der Waals surface area contributed by atoms with Crippen LogP contribution in [-0.4, -0.2) is 67.7 Å². The number of ether oxygens (including phenoxy) is 1. The third-order valence-corrected chi connectivity index (χ3v) is 4.36. The van der Waals surface area contributed by atoms with Gasteiger partial charge in [-0.1, -0.05) is 0 Å². The van der Waals surface area contributed by atoms with Crippen molar-refractivity contribution in [2.45, 2.75) is 51.6 Å². The van der Waals surface area contributed by atoms with Crippen LogP contribution in [0.2, 0.25) is 0 Å². The van der Waals surface area contributed by atoms with Crippen LogP contribution in [0.5, 0.6) is 0 Å². The Labute approximate surface area is 129 Å². The molecule has 1 saturated heterocycles. The highest BCUT2D eigenvalue weighted by Crippen LogP contribution is 2.23. The predicted octanol–water partition coefficient (Wildman–Crippen LogP) is 1.32. The Kier molecular flexibility index (Phi) is 7.10. The lowest BCUT2D eigenvalue weighted by molar-refractivity contribution is -0.149. The van der Waals surface area contributed by atoms with Crippen LogP contribution in [-0.2, 0) is 9.53 Å². The predicted molar refractivity (Wildman–Crippen MR) is 86.2 cm³/mol. The van der Waals surface area contributed by atoms with Gasteiger partial charge in [0.25, 0.3) is 0 Å². The molecule has 124 valence electrons. The summed E-state index contributed by atoms with van der Waals surface area (Å²) in [5.74, 6) is 0.497. The molecule has 0 saturated carbocycles. The molecular formula is C16H33N3O2. The fourth-order valence-electron chi connectivity index (χ4n) is 3.21. The van der Waals surface area contributed by atoms with E-state index in [2.05, 4.69) is 30.8 Å². The van der Waals surface area contributed by atoms with Crippen molar-refractivity contribution in [3.63, 3.8) is 0 Å². The average molecular weight is 299 g/mol. The van der Waals surface area contributed by atoms with Crippen molar-refractivity contribution < 1.29 is 9.53 Å². The highest BCUT2D eigenvalue weighted by atomic mass is 16.5. The van der Waals surface area contributed by atoms with Gasteiger partial charge in [-0.2, -0.15) is 0 Å². The maximum atomic E-state index is 11.9. The zero-order valence-electron chi connectivity index (χ0n) is 14.4. The molecule has 2 N–H and O–H groups in total. The summed E-state index contributed by atoms with van der Waals surface area (Å²) >= 11 is 0. The van der Waals surface area contributed by atoms with Gasteiger partial charge in [-0.05, 0) is 73.1 Å². The van der Waals surface area contributed by atoms with Gasteiger partial charge in [0.15, 0.2) is 0 Å². The van der Waals surface area contributed by atoms with Gasteiger partial charge in [0, 0.05) is 12.6 Å². The number of carbonyl (C=O) groups is 1. The summed E-state index contributed by atoms with van der Waals surface area (Å²) in [6.07, 6.45) is 3.09. The normalized spacial score (nSPS) is 22.0. The monoisotopic (exact) mass is 299 g/mol. The first-order valence-corrected chi connectivity index (χ1v) is 8.11. The molecule has 1 rings (SSSR count). The van der Waals surface area contributed by atoms with Crippen molar-refractivity contribution in [3.05, 3.63) is 0 Å². The molecule has 1 heterocycles. The second-order valence-corrected chi connectivity index (χ2v) is 6.93. The van der Waals surface area contributed by atoms with Crippen LogP contribution in [0.3, 0.4) is 0 Å². The van der Waals surface area contributed by atoms with Crippen molar-refractivity contribution >= 4 is 5.97 Å². The zero-order valence-corrected chi connectivity index (χ0v) is 14.4. The minimum absolute atomic E-state index is 0.292. The molecule has 5 heteroatoms. The topological polar surface area (TPSA) is 58.8 Å². The number of nitrogens with two attached hydrogens (primary N) is 1. The van der Waals surface area contributed by atoms with Gasteiger partial charge in [0.1, 0.15) is 5.54 Å². The van der Waals surface area contributed by atoms with E-state index in [-0.39, 0.29) is 5.97 Å². The standard InChI is InChI=1S/C16H33N3O2/c1-6-21-15(20)16(3,17)11-13(2)19-9-7-14(8-10-19)12-18(4)5/h13-14H,6-12,17H2,1-5H3. The third kappa shape index (κ3) is 5.93. The molecule has 5 nitrogen and oxygen atoms in total. The number of carbonyl (C=O) groups excluding carboxylic acids is 1. The van der Waals surface area contributed by atoms with E-state index in [4.69, 9.17) is 10.5 Å². The van der Waals surface area contributed by atoms with Crippen molar-refractivity contribution in [3.8, 4) is 0 Å². The Morgan fingerprint density at radius 1 is 1.43 bits per heavy atom. The summed E-state index contributed by atoms with van der Waals surface area (Å²) in [4.78, 5) is 16.6. The lowest BCUT2D eigenvalue weighted by atomic mass is 9.91. The summed E-state index contributed by atoms with van der Waals surface area (Å²) in [5.41, 5.74) is 5.25. The molecule has 0 bridgehead atoms. The molecule has 1 aliphatic rings. The van der Waals surface area contributed by atoms with Crippen molar-refractivity contribution in [1.82, 2.24) is 9.80 Å². The Bertz CT molecular complexity index is 323. The second-order valence-electron chi connectivity index (χ2n) is 6.93. The molecule has 2 atom stereocenters. The number of likely N-dealkylation sites (tertiary alicyclic amines) is 1. The van der Waals surface area contributed by atoms with Gasteiger partial charge in [0.2, 0.25) is 0 Å². The number of piperidine rings is 1. The summed E-state index contributed by atoms with van der Waals surface area (Å²) < 4.78 is 5.07. The molecule has 0 aliphatic carbocycles. The van der Waals surface area contributed by atoms with E-state index in [1.54, 1.807) is 6.92 Å². The molecular weight excluding hydrogens is 266 g/mol. The Morgan fingerprint density at radius 3 is 2.48 bits per heavy atom. The first kappa shape index (κ1) is 18.4. The maximum Gasteiger partial charge on any atom is 0.325 e. The third-order valence-electron chi connectivity index (χ3n) is 4.36. The molecule has 0 spiro atoms. The number of nitrogens with zero attached hydrogens (tertiary/aromatic N) is 2. The summed E-state index contributed by atoms with van der Waals surface area (Å²) in [5, 5.41) is 0. The largest absolute Gasteiger partial charge is 0.465 e. The van der Waals surface area contributed by atoms with Crippen LogP contribution >= 0.6 is 0 Å². The highest BCUT2D eigenvalue weighted by Gasteiger charge is 2.34. The van der Waals surface area contributed by atoms with Crippen LogP contribution in [0, 0.1) is 5.92 Å². The van der Waals surface area contributed by atoms with Gasteiger partial charge in [0.05, 0.1) is 6.61 Å². The molecule has 0 aromatic carbocycles. The molecule has 0 aromatic rings. The Balaban J connectivity index is 2.43. The minimum atomic E-state index is -0.893. The first-order valence-electron chi connectivity index (χ1n) is 8.11. The summed E-state index contributed by atoms with van der Waals surface area (Å²) in [7, 11) is 4.27. The van der Waals surface area contributed by atoms with Crippen molar-refractivity contribution in [1.29, 1.82) is 0 Å². The maximum absolute atomic E-state index is 11.9. The lowest BCUT2D eigenvalue weighted by Crippen LogP contribution is -2.52. The van der Waals surface area contributed by atoms with E-state index >= 15 is 0 Å². The molecule has 0 amide bonds. The van der Waals surface area contributed by atoms with Crippen LogP contribution in [0.15, 0.2) is 0 Å². The van der Waals surface area contributed by atoms with E-state index in [1.807, 2.05) is 6.92 Å². The fourth-order valence-corrected chi connectivity index (χ4v) is 3.21. The van der Waals surface area contributed by atoms with E-state index in [0.717, 1.165) is 19.0 Å². The smallest absolute Gasteiger partial charge is 0.325 e. The number of hydrogen-bond donors (Lipinski definition) is 1. The molecule has 1 fully saturated rings. The Hall–Kier alpha value is -0.650. The average Bonchev–Trinajstić information content (AvgIpc) is 2.38. The molecule has 2 unspecified atom stereocenters. The van der Waals surface area contributed by atoms with Gasteiger partial charge in [-0.25, -0.2) is 0 Å². The van der Waals surface area contributed by atoms with Crippen LogP contribution in [0.4, 0.5) is 0 Å². The van der Waals surface area contributed by atoms with Crippen LogP contribution in [0.25, 0.3) is 0 Å². The van der Waals surface area contributed by atoms with Crippen LogP contribution in [0.1, 0.15) is 40.0 Å². The minimum Gasteiger partial charge on any atom is -0.465 e. The van der Waals surface area contributed by atoms with E-state index < -0.39 is 5.54 Å². The SMILES string of the molecule is CCOC(=O)C(C)(N)CC(C)N1CCC(CN(C)C)CC1. The zero-order chi connectivity index (χ0) is 16.0. The van der Waals surface area contributed by atoms with Gasteiger partial charge >= 0.3 is 5.97 Å².